The van der Waals surface area contributed by atoms with Gasteiger partial charge < -0.3 is 19.3 Å². The Morgan fingerprint density at radius 1 is 1.04 bits per heavy atom. The van der Waals surface area contributed by atoms with Crippen molar-refractivity contribution in [3.05, 3.63) is 53.0 Å². The Bertz CT molecular complexity index is 743. The standard InChI is InChI=1S/C20H23BrN2O3/c1-15(26-18-8-6-16(21)7-9-18)20(24)23-12-10-22(11-13-23)17-4-3-5-19(14-17)25-2/h3-9,14-15H,10-13H2,1-2H3. The van der Waals surface area contributed by atoms with Crippen molar-refractivity contribution in [3.8, 4) is 11.5 Å². The van der Waals surface area contributed by atoms with Crippen LogP contribution in [0, 0.1) is 0 Å². The predicted octanol–water partition coefficient (Wildman–Crippen LogP) is 3.57. The van der Waals surface area contributed by atoms with Gasteiger partial charge in [0.25, 0.3) is 5.91 Å². The molecule has 0 aliphatic carbocycles. The number of benzene rings is 2. The van der Waals surface area contributed by atoms with Crippen molar-refractivity contribution >= 4 is 27.5 Å². The first-order valence-corrected chi connectivity index (χ1v) is 9.46. The molecule has 1 saturated heterocycles. The number of methoxy groups -OCH3 is 1. The molecule has 1 aliphatic rings. The van der Waals surface area contributed by atoms with Gasteiger partial charge in [0, 0.05) is 42.4 Å². The molecule has 1 amide bonds. The smallest absolute Gasteiger partial charge is 0.263 e. The van der Waals surface area contributed by atoms with Crippen molar-refractivity contribution < 1.29 is 14.3 Å². The third kappa shape index (κ3) is 4.49. The van der Waals surface area contributed by atoms with Gasteiger partial charge in [-0.25, -0.2) is 0 Å². The summed E-state index contributed by atoms with van der Waals surface area (Å²) in [7, 11) is 1.67. The average molecular weight is 419 g/mol. The Kier molecular flexibility index (Phi) is 6.04. The number of carbonyl (C=O) groups is 1. The van der Waals surface area contributed by atoms with Crippen LogP contribution in [-0.2, 0) is 4.79 Å². The molecule has 1 unspecified atom stereocenters. The molecule has 6 heteroatoms. The highest BCUT2D eigenvalue weighted by atomic mass is 79.9. The minimum Gasteiger partial charge on any atom is -0.497 e. The van der Waals surface area contributed by atoms with E-state index in [1.54, 1.807) is 14.0 Å². The van der Waals surface area contributed by atoms with E-state index in [0.717, 1.165) is 29.0 Å². The van der Waals surface area contributed by atoms with Gasteiger partial charge in [0.05, 0.1) is 7.11 Å². The lowest BCUT2D eigenvalue weighted by molar-refractivity contribution is -0.138. The molecule has 0 bridgehead atoms. The molecule has 0 N–H and O–H groups in total. The molecule has 3 rings (SSSR count). The van der Waals surface area contributed by atoms with E-state index in [0.29, 0.717) is 18.8 Å². The molecule has 5 nitrogen and oxygen atoms in total. The van der Waals surface area contributed by atoms with Crippen LogP contribution in [-0.4, -0.2) is 50.2 Å². The average Bonchev–Trinajstić information content (AvgIpc) is 2.69. The Hall–Kier alpha value is -2.21. The second-order valence-corrected chi connectivity index (χ2v) is 7.14. The van der Waals surface area contributed by atoms with Crippen LogP contribution in [0.25, 0.3) is 0 Å². The molecule has 1 heterocycles. The normalized spacial score (nSPS) is 15.5. The van der Waals surface area contributed by atoms with Gasteiger partial charge >= 0.3 is 0 Å². The highest BCUT2D eigenvalue weighted by Gasteiger charge is 2.26. The molecular weight excluding hydrogens is 396 g/mol. The topological polar surface area (TPSA) is 42.0 Å². The van der Waals surface area contributed by atoms with Crippen LogP contribution in [0.4, 0.5) is 5.69 Å². The van der Waals surface area contributed by atoms with E-state index < -0.39 is 6.10 Å². The van der Waals surface area contributed by atoms with Gasteiger partial charge in [0.1, 0.15) is 11.5 Å². The van der Waals surface area contributed by atoms with E-state index in [-0.39, 0.29) is 5.91 Å². The number of carbonyl (C=O) groups excluding carboxylic acids is 1. The third-order valence-electron chi connectivity index (χ3n) is 4.48. The fraction of sp³-hybridized carbons (Fsp3) is 0.350. The Morgan fingerprint density at radius 3 is 2.38 bits per heavy atom. The zero-order chi connectivity index (χ0) is 18.5. The quantitative estimate of drug-likeness (QED) is 0.743. The minimum atomic E-state index is -0.500. The van der Waals surface area contributed by atoms with E-state index in [1.807, 2.05) is 47.4 Å². The summed E-state index contributed by atoms with van der Waals surface area (Å²) in [5, 5.41) is 0. The Balaban J connectivity index is 1.55. The van der Waals surface area contributed by atoms with Gasteiger partial charge in [0.15, 0.2) is 6.10 Å². The van der Waals surface area contributed by atoms with Crippen LogP contribution in [0.15, 0.2) is 53.0 Å². The zero-order valence-electron chi connectivity index (χ0n) is 15.0. The van der Waals surface area contributed by atoms with Crippen LogP contribution in [0.1, 0.15) is 6.92 Å². The first-order valence-electron chi connectivity index (χ1n) is 8.67. The van der Waals surface area contributed by atoms with Crippen LogP contribution in [0.3, 0.4) is 0 Å². The Morgan fingerprint density at radius 2 is 1.73 bits per heavy atom. The lowest BCUT2D eigenvalue weighted by Crippen LogP contribution is -2.52. The predicted molar refractivity (Wildman–Crippen MR) is 106 cm³/mol. The monoisotopic (exact) mass is 418 g/mol. The van der Waals surface area contributed by atoms with Crippen molar-refractivity contribution in [3.63, 3.8) is 0 Å². The molecule has 1 fully saturated rings. The van der Waals surface area contributed by atoms with Crippen molar-refractivity contribution in [1.29, 1.82) is 0 Å². The summed E-state index contributed by atoms with van der Waals surface area (Å²) in [6.07, 6.45) is -0.500. The van der Waals surface area contributed by atoms with Gasteiger partial charge in [-0.15, -0.1) is 0 Å². The number of rotatable bonds is 5. The van der Waals surface area contributed by atoms with Crippen LogP contribution < -0.4 is 14.4 Å². The third-order valence-corrected chi connectivity index (χ3v) is 5.01. The molecule has 0 radical (unpaired) electrons. The maximum Gasteiger partial charge on any atom is 0.263 e. The minimum absolute atomic E-state index is 0.0261. The first kappa shape index (κ1) is 18.6. The summed E-state index contributed by atoms with van der Waals surface area (Å²) in [6.45, 7) is 4.76. The fourth-order valence-corrected chi connectivity index (χ4v) is 3.28. The van der Waals surface area contributed by atoms with Gasteiger partial charge in [-0.2, -0.15) is 0 Å². The number of ether oxygens (including phenoxy) is 2. The van der Waals surface area contributed by atoms with Crippen molar-refractivity contribution in [2.24, 2.45) is 0 Å². The van der Waals surface area contributed by atoms with Gasteiger partial charge in [-0.05, 0) is 43.3 Å². The number of amides is 1. The SMILES string of the molecule is COc1cccc(N2CCN(C(=O)C(C)Oc3ccc(Br)cc3)CC2)c1. The summed E-state index contributed by atoms with van der Waals surface area (Å²) >= 11 is 3.39. The lowest BCUT2D eigenvalue weighted by atomic mass is 10.2. The molecule has 2 aromatic rings. The Labute approximate surface area is 162 Å². The van der Waals surface area contributed by atoms with Crippen LogP contribution in [0.2, 0.25) is 0 Å². The molecule has 1 atom stereocenters. The first-order chi connectivity index (χ1) is 12.6. The number of nitrogens with zero attached hydrogens (tertiary/aromatic N) is 2. The molecule has 1 aliphatic heterocycles. The molecule has 138 valence electrons. The maximum atomic E-state index is 12.7. The van der Waals surface area contributed by atoms with Gasteiger partial charge in [-0.1, -0.05) is 22.0 Å². The molecule has 26 heavy (non-hydrogen) atoms. The van der Waals surface area contributed by atoms with Crippen LogP contribution >= 0.6 is 15.9 Å². The number of hydrogen-bond acceptors (Lipinski definition) is 4. The van der Waals surface area contributed by atoms with Crippen molar-refractivity contribution in [2.75, 3.05) is 38.2 Å². The second kappa shape index (κ2) is 8.45. The van der Waals surface area contributed by atoms with E-state index in [9.17, 15) is 4.79 Å². The van der Waals surface area contributed by atoms with Crippen LogP contribution in [0.5, 0.6) is 11.5 Å². The lowest BCUT2D eigenvalue weighted by Gasteiger charge is -2.37. The van der Waals surface area contributed by atoms with Gasteiger partial charge in [0.2, 0.25) is 0 Å². The van der Waals surface area contributed by atoms with Crippen molar-refractivity contribution in [1.82, 2.24) is 4.90 Å². The van der Waals surface area contributed by atoms with E-state index in [4.69, 9.17) is 9.47 Å². The van der Waals surface area contributed by atoms with Gasteiger partial charge in [-0.3, -0.25) is 4.79 Å². The highest BCUT2D eigenvalue weighted by molar-refractivity contribution is 9.10. The summed E-state index contributed by atoms with van der Waals surface area (Å²) in [6, 6.07) is 15.5. The molecule has 0 saturated carbocycles. The van der Waals surface area contributed by atoms with E-state index >= 15 is 0 Å². The highest BCUT2D eigenvalue weighted by Crippen LogP contribution is 2.23. The fourth-order valence-electron chi connectivity index (χ4n) is 3.02. The summed E-state index contributed by atoms with van der Waals surface area (Å²) < 4.78 is 12.1. The largest absolute Gasteiger partial charge is 0.497 e. The van der Waals surface area contributed by atoms with E-state index in [2.05, 4.69) is 26.9 Å². The number of hydrogen-bond donors (Lipinski definition) is 0. The summed E-state index contributed by atoms with van der Waals surface area (Å²) in [5.41, 5.74) is 1.12. The second-order valence-electron chi connectivity index (χ2n) is 6.23. The number of halogens is 1. The molecule has 0 spiro atoms. The number of piperazine rings is 1. The van der Waals surface area contributed by atoms with E-state index in [1.165, 1.54) is 0 Å². The summed E-state index contributed by atoms with van der Waals surface area (Å²) in [4.78, 5) is 16.8. The summed E-state index contributed by atoms with van der Waals surface area (Å²) in [5.74, 6) is 1.57. The molecule has 2 aromatic carbocycles. The maximum absolute atomic E-state index is 12.7. The zero-order valence-corrected chi connectivity index (χ0v) is 16.6. The van der Waals surface area contributed by atoms with Crippen molar-refractivity contribution in [2.45, 2.75) is 13.0 Å². The molecule has 0 aromatic heterocycles. The number of anilines is 1. The molecular formula is C20H23BrN2O3.